The van der Waals surface area contributed by atoms with Gasteiger partial charge in [0.2, 0.25) is 0 Å². The Balaban J connectivity index is 1.93. The van der Waals surface area contributed by atoms with Crippen molar-refractivity contribution in [3.63, 3.8) is 0 Å². The van der Waals surface area contributed by atoms with Gasteiger partial charge in [-0.2, -0.15) is 4.99 Å². The second kappa shape index (κ2) is 6.30. The first-order valence-corrected chi connectivity index (χ1v) is 7.90. The molecule has 1 heterocycles. The molecule has 5 heteroatoms. The molecule has 0 aliphatic rings. The van der Waals surface area contributed by atoms with Crippen molar-refractivity contribution in [2.45, 2.75) is 0 Å². The Hall–Kier alpha value is -2.17. The number of amides is 1. The molecule has 0 N–H and O–H groups in total. The number of halogens is 1. The molecule has 22 heavy (non-hydrogen) atoms. The van der Waals surface area contributed by atoms with Gasteiger partial charge in [-0.1, -0.05) is 53.3 Å². The second-order valence-corrected chi connectivity index (χ2v) is 6.20. The monoisotopic (exact) mass is 328 g/mol. The van der Waals surface area contributed by atoms with Crippen LogP contribution in [0.5, 0.6) is 0 Å². The van der Waals surface area contributed by atoms with E-state index in [9.17, 15) is 4.79 Å². The molecular formula is C17H13ClN2OS. The smallest absolute Gasteiger partial charge is 0.272 e. The lowest BCUT2D eigenvalue weighted by Gasteiger charge is -1.94. The Morgan fingerprint density at radius 1 is 1.23 bits per heavy atom. The largest absolute Gasteiger partial charge is 0.319 e. The molecule has 0 atom stereocenters. The number of thiazole rings is 1. The number of aromatic nitrogens is 1. The number of carbonyl (C=O) groups is 1. The van der Waals surface area contributed by atoms with Gasteiger partial charge >= 0.3 is 0 Å². The zero-order chi connectivity index (χ0) is 15.5. The molecule has 3 nitrogen and oxygen atoms in total. The number of hydrogen-bond donors (Lipinski definition) is 0. The minimum absolute atomic E-state index is 0.280. The molecule has 1 amide bonds. The fourth-order valence-electron chi connectivity index (χ4n) is 2.08. The molecule has 2 aromatic carbocycles. The minimum Gasteiger partial charge on any atom is -0.319 e. The minimum atomic E-state index is -0.280. The summed E-state index contributed by atoms with van der Waals surface area (Å²) in [7, 11) is 1.89. The van der Waals surface area contributed by atoms with Crippen LogP contribution in [0.25, 0.3) is 16.3 Å². The van der Waals surface area contributed by atoms with E-state index in [0.29, 0.717) is 9.82 Å². The molecule has 3 aromatic rings. The topological polar surface area (TPSA) is 34.4 Å². The van der Waals surface area contributed by atoms with Gasteiger partial charge in [0.25, 0.3) is 5.91 Å². The van der Waals surface area contributed by atoms with Crippen LogP contribution >= 0.6 is 22.9 Å². The third-order valence-corrected chi connectivity index (χ3v) is 4.52. The summed E-state index contributed by atoms with van der Waals surface area (Å²) < 4.78 is 2.90. The summed E-state index contributed by atoms with van der Waals surface area (Å²) in [6.45, 7) is 0. The van der Waals surface area contributed by atoms with Gasteiger partial charge in [-0.25, -0.2) is 0 Å². The van der Waals surface area contributed by atoms with Crippen LogP contribution in [0.3, 0.4) is 0 Å². The average molecular weight is 329 g/mol. The van der Waals surface area contributed by atoms with Gasteiger partial charge in [-0.3, -0.25) is 4.79 Å². The standard InChI is InChI=1S/C17H13ClN2OS/c1-20-14-9-8-13(18)11-15(14)22-17(20)19-16(21)10-7-12-5-3-2-4-6-12/h2-11H,1H3/b10-7+,19-17?. The molecule has 0 bridgehead atoms. The van der Waals surface area contributed by atoms with Gasteiger partial charge in [-0.05, 0) is 29.8 Å². The quantitative estimate of drug-likeness (QED) is 0.654. The molecule has 0 fully saturated rings. The van der Waals surface area contributed by atoms with E-state index in [2.05, 4.69) is 4.99 Å². The first-order chi connectivity index (χ1) is 10.6. The Morgan fingerprint density at radius 3 is 2.77 bits per heavy atom. The van der Waals surface area contributed by atoms with Gasteiger partial charge in [0, 0.05) is 18.1 Å². The molecule has 0 unspecified atom stereocenters. The normalized spacial score (nSPS) is 12.4. The van der Waals surface area contributed by atoms with E-state index in [-0.39, 0.29) is 5.91 Å². The molecule has 110 valence electrons. The lowest BCUT2D eigenvalue weighted by molar-refractivity contribution is -0.113. The predicted molar refractivity (Wildman–Crippen MR) is 91.9 cm³/mol. The summed E-state index contributed by atoms with van der Waals surface area (Å²) in [6.07, 6.45) is 3.24. The van der Waals surface area contributed by atoms with Crippen LogP contribution in [0.1, 0.15) is 5.56 Å². The summed E-state index contributed by atoms with van der Waals surface area (Å²) in [6, 6.07) is 15.3. The molecule has 0 spiro atoms. The Bertz CT molecular complexity index is 923. The first kappa shape index (κ1) is 14.8. The van der Waals surface area contributed by atoms with Crippen molar-refractivity contribution in [2.24, 2.45) is 12.0 Å². The van der Waals surface area contributed by atoms with E-state index in [1.165, 1.54) is 17.4 Å². The maximum Gasteiger partial charge on any atom is 0.272 e. The molecule has 0 aliphatic heterocycles. The summed E-state index contributed by atoms with van der Waals surface area (Å²) in [4.78, 5) is 16.8. The fraction of sp³-hybridized carbons (Fsp3) is 0.0588. The van der Waals surface area contributed by atoms with Crippen LogP contribution in [0, 0.1) is 0 Å². The highest BCUT2D eigenvalue weighted by molar-refractivity contribution is 7.16. The molecule has 3 rings (SSSR count). The SMILES string of the molecule is Cn1c(=NC(=O)/C=C/c2ccccc2)sc2cc(Cl)ccc21. The molecule has 1 aromatic heterocycles. The fourth-order valence-corrected chi connectivity index (χ4v) is 3.38. The molecule has 0 aliphatic carbocycles. The van der Waals surface area contributed by atoms with Gasteiger partial charge < -0.3 is 4.57 Å². The maximum atomic E-state index is 12.0. The average Bonchev–Trinajstić information content (AvgIpc) is 2.82. The van der Waals surface area contributed by atoms with Crippen molar-refractivity contribution in [1.82, 2.24) is 4.57 Å². The number of aryl methyl sites for hydroxylation is 1. The zero-order valence-electron chi connectivity index (χ0n) is 11.9. The summed E-state index contributed by atoms with van der Waals surface area (Å²) >= 11 is 7.44. The van der Waals surface area contributed by atoms with E-state index in [0.717, 1.165) is 15.8 Å². The number of carbonyl (C=O) groups excluding carboxylic acids is 1. The number of rotatable bonds is 2. The van der Waals surface area contributed by atoms with Crippen molar-refractivity contribution in [3.05, 3.63) is 70.0 Å². The third-order valence-electron chi connectivity index (χ3n) is 3.20. The third kappa shape index (κ3) is 3.18. The van der Waals surface area contributed by atoms with Crippen LogP contribution in [0.2, 0.25) is 5.02 Å². The summed E-state index contributed by atoms with van der Waals surface area (Å²) in [5.74, 6) is -0.280. The van der Waals surface area contributed by atoms with Crippen LogP contribution in [-0.2, 0) is 11.8 Å². The molecule has 0 saturated carbocycles. The lowest BCUT2D eigenvalue weighted by atomic mass is 10.2. The Kier molecular flexibility index (Phi) is 4.22. The molecule has 0 radical (unpaired) electrons. The molecule has 0 saturated heterocycles. The van der Waals surface area contributed by atoms with E-state index in [4.69, 9.17) is 11.6 Å². The lowest BCUT2D eigenvalue weighted by Crippen LogP contribution is -2.12. The van der Waals surface area contributed by atoms with Crippen LogP contribution in [-0.4, -0.2) is 10.5 Å². The number of nitrogens with zero attached hydrogens (tertiary/aromatic N) is 2. The van der Waals surface area contributed by atoms with Crippen LogP contribution in [0.4, 0.5) is 0 Å². The summed E-state index contributed by atoms with van der Waals surface area (Å²) in [5.41, 5.74) is 1.98. The van der Waals surface area contributed by atoms with Gasteiger partial charge in [-0.15, -0.1) is 0 Å². The Labute approximate surface area is 136 Å². The van der Waals surface area contributed by atoms with Gasteiger partial charge in [0.1, 0.15) is 0 Å². The van der Waals surface area contributed by atoms with Crippen LogP contribution in [0.15, 0.2) is 59.6 Å². The maximum absolute atomic E-state index is 12.0. The highest BCUT2D eigenvalue weighted by Crippen LogP contribution is 2.20. The van der Waals surface area contributed by atoms with Crippen molar-refractivity contribution in [1.29, 1.82) is 0 Å². The van der Waals surface area contributed by atoms with Crippen LogP contribution < -0.4 is 4.80 Å². The number of fused-ring (bicyclic) bond motifs is 1. The summed E-state index contributed by atoms with van der Waals surface area (Å²) in [5, 5.41) is 0.677. The van der Waals surface area contributed by atoms with Gasteiger partial charge in [0.15, 0.2) is 4.80 Å². The predicted octanol–water partition coefficient (Wildman–Crippen LogP) is 4.03. The van der Waals surface area contributed by atoms with E-state index in [1.807, 2.05) is 60.1 Å². The van der Waals surface area contributed by atoms with E-state index in [1.54, 1.807) is 6.08 Å². The number of hydrogen-bond acceptors (Lipinski definition) is 2. The van der Waals surface area contributed by atoms with Crippen molar-refractivity contribution < 1.29 is 4.79 Å². The van der Waals surface area contributed by atoms with Crippen molar-refractivity contribution in [2.75, 3.05) is 0 Å². The second-order valence-electron chi connectivity index (χ2n) is 4.75. The molecular weight excluding hydrogens is 316 g/mol. The van der Waals surface area contributed by atoms with Gasteiger partial charge in [0.05, 0.1) is 10.2 Å². The number of benzene rings is 2. The zero-order valence-corrected chi connectivity index (χ0v) is 13.4. The first-order valence-electron chi connectivity index (χ1n) is 6.70. The van der Waals surface area contributed by atoms with E-state index >= 15 is 0 Å². The van der Waals surface area contributed by atoms with Crippen molar-refractivity contribution in [3.8, 4) is 0 Å². The van der Waals surface area contributed by atoms with Crippen molar-refractivity contribution >= 4 is 45.1 Å². The highest BCUT2D eigenvalue weighted by Gasteiger charge is 2.04. The van der Waals surface area contributed by atoms with E-state index < -0.39 is 0 Å². The Morgan fingerprint density at radius 2 is 2.00 bits per heavy atom. The highest BCUT2D eigenvalue weighted by atomic mass is 35.5.